The SMILES string of the molecule is [2H]c1c([2H])c(-c2ccc(C(F)(F)F)cc2)c(C)c([2H])c1CN(C(=O)Cn1c(SCc2ccc(F)cc2)nc(=O)c2c1CCC2)C([2H])([2H])C([2H])([2H])N(CC)CC. The van der Waals surface area contributed by atoms with Gasteiger partial charge in [-0.3, -0.25) is 9.59 Å². The molecule has 3 aromatic carbocycles. The maximum absolute atomic E-state index is 14.6. The van der Waals surface area contributed by atoms with Gasteiger partial charge in [-0.2, -0.15) is 18.2 Å². The Labute approximate surface area is 292 Å². The Hall–Kier alpha value is -3.96. The maximum Gasteiger partial charge on any atom is 0.416 e. The average molecular weight is 688 g/mol. The molecule has 6 nitrogen and oxygen atoms in total. The highest BCUT2D eigenvalue weighted by Crippen LogP contribution is 2.32. The van der Waals surface area contributed by atoms with Gasteiger partial charge in [0.05, 0.1) is 12.4 Å². The summed E-state index contributed by atoms with van der Waals surface area (Å²) in [5, 5.41) is 0.142. The Kier molecular flexibility index (Phi) is 8.70. The number of likely N-dealkylation sites (N-methyl/N-ethyl adjacent to an activating group) is 1. The molecule has 0 aliphatic heterocycles. The molecule has 0 radical (unpaired) electrons. The number of carbonyl (C=O) groups excluding carboxylic acids is 1. The van der Waals surface area contributed by atoms with Gasteiger partial charge < -0.3 is 14.4 Å². The molecule has 1 aliphatic carbocycles. The van der Waals surface area contributed by atoms with Crippen molar-refractivity contribution in [1.82, 2.24) is 19.4 Å². The molecule has 0 saturated heterocycles. The predicted octanol–water partition coefficient (Wildman–Crippen LogP) is 7.53. The summed E-state index contributed by atoms with van der Waals surface area (Å²) >= 11 is 1.11. The standard InChI is InChI=1S/C37H40F4N4O2S/c1-4-43(5-2)19-20-44(22-27-11-18-31(25(3)21-27)28-12-14-29(15-13-28)37(39,40)41)34(46)23-45-33-8-6-7-32(33)35(47)42-36(45)48-24-26-9-16-30(38)17-10-26/h9-18,21H,4-8,19-20,22-24H2,1-3H3/i11D,18D,19D2,20D2,21D. The molecule has 48 heavy (non-hydrogen) atoms. The number of hydrogen-bond acceptors (Lipinski definition) is 5. The lowest BCUT2D eigenvalue weighted by Gasteiger charge is -2.28. The smallest absolute Gasteiger partial charge is 0.336 e. The minimum atomic E-state index is -4.61. The third kappa shape index (κ3) is 8.54. The summed E-state index contributed by atoms with van der Waals surface area (Å²) in [5.41, 5.74) is 0.242. The Morgan fingerprint density at radius 1 is 1.02 bits per heavy atom. The Morgan fingerprint density at radius 3 is 2.40 bits per heavy atom. The van der Waals surface area contributed by atoms with Gasteiger partial charge in [0.1, 0.15) is 12.4 Å². The molecule has 0 atom stereocenters. The van der Waals surface area contributed by atoms with E-state index in [9.17, 15) is 29.9 Å². The van der Waals surface area contributed by atoms with E-state index in [1.54, 1.807) is 26.0 Å². The second-order valence-electron chi connectivity index (χ2n) is 11.3. The molecule has 0 fully saturated rings. The summed E-state index contributed by atoms with van der Waals surface area (Å²) in [4.78, 5) is 33.7. The zero-order chi connectivity index (χ0) is 40.6. The van der Waals surface area contributed by atoms with E-state index < -0.39 is 67.2 Å². The number of alkyl halides is 3. The zero-order valence-corrected chi connectivity index (χ0v) is 27.6. The lowest BCUT2D eigenvalue weighted by Crippen LogP contribution is -2.40. The van der Waals surface area contributed by atoms with E-state index >= 15 is 0 Å². The van der Waals surface area contributed by atoms with Crippen molar-refractivity contribution in [3.63, 3.8) is 0 Å². The number of amides is 1. The summed E-state index contributed by atoms with van der Waals surface area (Å²) in [5.74, 6) is -1.14. The van der Waals surface area contributed by atoms with Crippen LogP contribution in [-0.4, -0.2) is 51.3 Å². The molecule has 254 valence electrons. The molecular weight excluding hydrogens is 640 g/mol. The Morgan fingerprint density at radius 2 is 1.73 bits per heavy atom. The first-order valence-corrected chi connectivity index (χ1v) is 16.5. The van der Waals surface area contributed by atoms with Crippen LogP contribution in [0.25, 0.3) is 11.1 Å². The number of rotatable bonds is 13. The van der Waals surface area contributed by atoms with Crippen molar-refractivity contribution in [1.29, 1.82) is 0 Å². The van der Waals surface area contributed by atoms with Crippen molar-refractivity contribution in [2.75, 3.05) is 26.1 Å². The van der Waals surface area contributed by atoms with E-state index in [0.29, 0.717) is 41.0 Å². The van der Waals surface area contributed by atoms with E-state index in [1.807, 2.05) is 0 Å². The Balaban J connectivity index is 1.61. The molecule has 1 aromatic heterocycles. The van der Waals surface area contributed by atoms with E-state index in [4.69, 9.17) is 6.85 Å². The number of halogens is 4. The molecule has 0 N–H and O–H groups in total. The van der Waals surface area contributed by atoms with Crippen molar-refractivity contribution in [3.8, 4) is 11.1 Å². The maximum atomic E-state index is 14.6. The summed E-state index contributed by atoms with van der Waals surface area (Å²) in [6, 6.07) is 8.22. The van der Waals surface area contributed by atoms with Crippen LogP contribution in [0.1, 0.15) is 63.4 Å². The fraction of sp³-hybridized carbons (Fsp3) is 0.378. The van der Waals surface area contributed by atoms with Gasteiger partial charge in [-0.25, -0.2) is 4.39 Å². The monoisotopic (exact) mass is 687 g/mol. The lowest BCUT2D eigenvalue weighted by atomic mass is 9.97. The molecule has 5 rings (SSSR count). The molecule has 4 aromatic rings. The molecule has 0 saturated carbocycles. The molecule has 1 aliphatic rings. The molecule has 0 unspecified atom stereocenters. The Bertz CT molecular complexity index is 2100. The van der Waals surface area contributed by atoms with Crippen LogP contribution in [0.2, 0.25) is 0 Å². The van der Waals surface area contributed by atoms with Crippen LogP contribution in [0.5, 0.6) is 0 Å². The first-order valence-electron chi connectivity index (χ1n) is 19.1. The van der Waals surface area contributed by atoms with Gasteiger partial charge in [0.15, 0.2) is 5.16 Å². The van der Waals surface area contributed by atoms with Gasteiger partial charge in [0.25, 0.3) is 5.56 Å². The third-order valence-corrected chi connectivity index (χ3v) is 9.10. The van der Waals surface area contributed by atoms with E-state index in [-0.39, 0.29) is 52.3 Å². The summed E-state index contributed by atoms with van der Waals surface area (Å²) in [6.45, 7) is -2.48. The van der Waals surface area contributed by atoms with Crippen molar-refractivity contribution < 1.29 is 32.0 Å². The third-order valence-electron chi connectivity index (χ3n) is 8.05. The molecule has 0 bridgehead atoms. The van der Waals surface area contributed by atoms with Crippen molar-refractivity contribution in [2.24, 2.45) is 0 Å². The highest BCUT2D eigenvalue weighted by Gasteiger charge is 2.30. The summed E-state index contributed by atoms with van der Waals surface area (Å²) in [6.07, 6.45) is -3.18. The first-order chi connectivity index (χ1) is 25.7. The summed E-state index contributed by atoms with van der Waals surface area (Å²) < 4.78 is 118. The van der Waals surface area contributed by atoms with E-state index in [0.717, 1.165) is 36.0 Å². The fourth-order valence-corrected chi connectivity index (χ4v) is 6.38. The van der Waals surface area contributed by atoms with Gasteiger partial charge in [-0.1, -0.05) is 68.0 Å². The van der Waals surface area contributed by atoms with Gasteiger partial charge >= 0.3 is 6.18 Å². The second-order valence-corrected chi connectivity index (χ2v) is 12.2. The topological polar surface area (TPSA) is 58.4 Å². The van der Waals surface area contributed by atoms with Gasteiger partial charge in [0.2, 0.25) is 5.91 Å². The zero-order valence-electron chi connectivity index (χ0n) is 33.8. The first kappa shape index (κ1) is 26.9. The normalized spacial score (nSPS) is 15.5. The van der Waals surface area contributed by atoms with Crippen LogP contribution in [0, 0.1) is 12.7 Å². The number of hydrogen-bond donors (Lipinski definition) is 0. The van der Waals surface area contributed by atoms with E-state index in [2.05, 4.69) is 4.98 Å². The van der Waals surface area contributed by atoms with Gasteiger partial charge in [0, 0.05) is 39.3 Å². The molecule has 1 amide bonds. The lowest BCUT2D eigenvalue weighted by molar-refractivity contribution is -0.137. The van der Waals surface area contributed by atoms with Crippen molar-refractivity contribution in [2.45, 2.75) is 70.2 Å². The van der Waals surface area contributed by atoms with Crippen molar-refractivity contribution in [3.05, 3.63) is 116 Å². The molecule has 11 heteroatoms. The highest BCUT2D eigenvalue weighted by molar-refractivity contribution is 7.98. The fourth-order valence-electron chi connectivity index (χ4n) is 5.41. The van der Waals surface area contributed by atoms with Crippen LogP contribution in [-0.2, 0) is 42.7 Å². The van der Waals surface area contributed by atoms with Gasteiger partial charge in [-0.15, -0.1) is 0 Å². The average Bonchev–Trinajstić information content (AvgIpc) is 3.63. The number of fused-ring (bicyclic) bond motifs is 1. The number of carbonyl (C=O) groups is 1. The number of thioether (sulfide) groups is 1. The second kappa shape index (κ2) is 15.5. The van der Waals surface area contributed by atoms with Crippen LogP contribution >= 0.6 is 11.8 Å². The van der Waals surface area contributed by atoms with Crippen LogP contribution < -0.4 is 5.56 Å². The minimum Gasteiger partial charge on any atom is -0.336 e. The number of benzene rings is 3. The highest BCUT2D eigenvalue weighted by atomic mass is 32.2. The van der Waals surface area contributed by atoms with Crippen LogP contribution in [0.4, 0.5) is 17.6 Å². The molecule has 0 spiro atoms. The molecular formula is C37H40F4N4O2S. The van der Waals surface area contributed by atoms with Gasteiger partial charge in [-0.05, 0) is 91.4 Å². The minimum absolute atomic E-state index is 0.0181. The number of aromatic nitrogens is 2. The predicted molar refractivity (Wildman–Crippen MR) is 181 cm³/mol. The largest absolute Gasteiger partial charge is 0.416 e. The number of nitrogens with zero attached hydrogens (tertiary/aromatic N) is 4. The quantitative estimate of drug-likeness (QED) is 0.0827. The summed E-state index contributed by atoms with van der Waals surface area (Å²) in [7, 11) is 0. The molecule has 1 heterocycles. The van der Waals surface area contributed by atoms with Crippen LogP contribution in [0.3, 0.4) is 0 Å². The van der Waals surface area contributed by atoms with E-state index in [1.165, 1.54) is 28.5 Å². The van der Waals surface area contributed by atoms with Crippen LogP contribution in [0.15, 0.2) is 76.6 Å². The van der Waals surface area contributed by atoms with Crippen molar-refractivity contribution >= 4 is 17.7 Å².